The Kier molecular flexibility index (Phi) is 4.89. The standard InChI is InChI=1S/C8H10O2.CH4O3S/c1-8(9,10)7-5-3-2-4-6-7;1-5(2,3)4/h2-6,9-10H,1H3;1H3,(H,2,3,4). The molecule has 0 unspecified atom stereocenters. The first-order valence-corrected chi connectivity index (χ1v) is 5.88. The highest BCUT2D eigenvalue weighted by molar-refractivity contribution is 7.85. The quantitative estimate of drug-likeness (QED) is 0.481. The molecule has 0 aliphatic rings. The van der Waals surface area contributed by atoms with Gasteiger partial charge in [0, 0.05) is 5.56 Å². The monoisotopic (exact) mass is 234 g/mol. The summed E-state index contributed by atoms with van der Waals surface area (Å²) >= 11 is 0. The molecule has 0 aliphatic heterocycles. The summed E-state index contributed by atoms with van der Waals surface area (Å²) in [5.74, 6) is -1.71. The lowest BCUT2D eigenvalue weighted by molar-refractivity contribution is -0.152. The Hall–Kier alpha value is -0.950. The van der Waals surface area contributed by atoms with Gasteiger partial charge in [0.15, 0.2) is 5.79 Å². The molecule has 15 heavy (non-hydrogen) atoms. The van der Waals surface area contributed by atoms with E-state index in [-0.39, 0.29) is 0 Å². The molecule has 0 spiro atoms. The molecule has 1 rings (SSSR count). The molecule has 0 saturated carbocycles. The average Bonchev–Trinajstić information content (AvgIpc) is 2.01. The molecule has 3 N–H and O–H groups in total. The van der Waals surface area contributed by atoms with E-state index in [1.807, 2.05) is 6.07 Å². The molecular formula is C9H14O5S. The molecule has 1 aromatic carbocycles. The van der Waals surface area contributed by atoms with Crippen LogP contribution in [0.1, 0.15) is 12.5 Å². The Morgan fingerprint density at radius 1 is 1.13 bits per heavy atom. The molecule has 0 aliphatic carbocycles. The third-order valence-corrected chi connectivity index (χ3v) is 1.32. The number of rotatable bonds is 1. The minimum absolute atomic E-state index is 0.509. The molecule has 0 aromatic heterocycles. The highest BCUT2D eigenvalue weighted by Crippen LogP contribution is 2.14. The zero-order chi connectivity index (χ0) is 12.1. The highest BCUT2D eigenvalue weighted by Gasteiger charge is 2.16. The number of benzene rings is 1. The molecule has 0 bridgehead atoms. The van der Waals surface area contributed by atoms with Crippen molar-refractivity contribution in [3.8, 4) is 0 Å². The predicted octanol–water partition coefficient (Wildman–Crippen LogP) is 0.348. The van der Waals surface area contributed by atoms with Crippen LogP contribution in [0.3, 0.4) is 0 Å². The zero-order valence-corrected chi connectivity index (χ0v) is 9.27. The Morgan fingerprint density at radius 2 is 1.47 bits per heavy atom. The molecule has 5 nitrogen and oxygen atoms in total. The van der Waals surface area contributed by atoms with Gasteiger partial charge in [-0.2, -0.15) is 8.42 Å². The SMILES string of the molecule is CC(O)(O)c1ccccc1.CS(=O)(=O)O. The second-order valence-electron chi connectivity index (χ2n) is 3.12. The van der Waals surface area contributed by atoms with Gasteiger partial charge in [-0.1, -0.05) is 30.3 Å². The summed E-state index contributed by atoms with van der Waals surface area (Å²) in [6, 6.07) is 8.69. The summed E-state index contributed by atoms with van der Waals surface area (Å²) in [4.78, 5) is 0. The van der Waals surface area contributed by atoms with E-state index in [0.29, 0.717) is 11.8 Å². The second kappa shape index (κ2) is 5.22. The molecule has 0 fully saturated rings. The van der Waals surface area contributed by atoms with Crippen molar-refractivity contribution in [3.63, 3.8) is 0 Å². The molecule has 6 heteroatoms. The van der Waals surface area contributed by atoms with Crippen LogP contribution >= 0.6 is 0 Å². The van der Waals surface area contributed by atoms with Gasteiger partial charge in [0.05, 0.1) is 6.26 Å². The first-order chi connectivity index (χ1) is 6.61. The maximum Gasteiger partial charge on any atom is 0.261 e. The Morgan fingerprint density at radius 3 is 1.67 bits per heavy atom. The van der Waals surface area contributed by atoms with Crippen molar-refractivity contribution in [3.05, 3.63) is 35.9 Å². The van der Waals surface area contributed by atoms with Crippen LogP contribution in [0, 0.1) is 0 Å². The van der Waals surface area contributed by atoms with Crippen LogP contribution in [0.25, 0.3) is 0 Å². The van der Waals surface area contributed by atoms with Crippen molar-refractivity contribution in [2.45, 2.75) is 12.7 Å². The molecule has 0 atom stereocenters. The summed E-state index contributed by atoms with van der Waals surface area (Å²) < 4.78 is 25.9. The summed E-state index contributed by atoms with van der Waals surface area (Å²) in [6.45, 7) is 1.34. The first-order valence-electron chi connectivity index (χ1n) is 4.03. The van der Waals surface area contributed by atoms with Crippen LogP contribution in [0.2, 0.25) is 0 Å². The van der Waals surface area contributed by atoms with Gasteiger partial charge in [-0.3, -0.25) is 4.55 Å². The van der Waals surface area contributed by atoms with Crippen molar-refractivity contribution < 1.29 is 23.2 Å². The second-order valence-corrected chi connectivity index (χ2v) is 4.59. The number of hydrogen-bond acceptors (Lipinski definition) is 4. The van der Waals surface area contributed by atoms with Gasteiger partial charge in [-0.15, -0.1) is 0 Å². The lowest BCUT2D eigenvalue weighted by Crippen LogP contribution is -2.19. The van der Waals surface area contributed by atoms with E-state index < -0.39 is 15.9 Å². The smallest absolute Gasteiger partial charge is 0.261 e. The number of aliphatic hydroxyl groups is 2. The fraction of sp³-hybridized carbons (Fsp3) is 0.333. The molecule has 0 heterocycles. The van der Waals surface area contributed by atoms with E-state index in [2.05, 4.69) is 0 Å². The summed E-state index contributed by atoms with van der Waals surface area (Å²) in [7, 11) is -3.67. The van der Waals surface area contributed by atoms with Gasteiger partial charge in [-0.25, -0.2) is 0 Å². The molecule has 0 saturated heterocycles. The van der Waals surface area contributed by atoms with Crippen LogP contribution in [-0.4, -0.2) is 29.4 Å². The molecular weight excluding hydrogens is 220 g/mol. The molecule has 0 radical (unpaired) electrons. The van der Waals surface area contributed by atoms with E-state index in [9.17, 15) is 8.42 Å². The van der Waals surface area contributed by atoms with Gasteiger partial charge >= 0.3 is 0 Å². The largest absolute Gasteiger partial charge is 0.362 e. The number of hydrogen-bond donors (Lipinski definition) is 3. The van der Waals surface area contributed by atoms with E-state index in [4.69, 9.17) is 14.8 Å². The van der Waals surface area contributed by atoms with Crippen molar-refractivity contribution in [1.29, 1.82) is 0 Å². The lowest BCUT2D eigenvalue weighted by Gasteiger charge is -2.15. The van der Waals surface area contributed by atoms with Crippen molar-refractivity contribution >= 4 is 10.1 Å². The maximum atomic E-state index is 9.19. The van der Waals surface area contributed by atoms with Crippen LogP contribution in [0.15, 0.2) is 30.3 Å². The van der Waals surface area contributed by atoms with Crippen molar-refractivity contribution in [1.82, 2.24) is 0 Å². The third kappa shape index (κ3) is 9.36. The van der Waals surface area contributed by atoms with E-state index >= 15 is 0 Å². The van der Waals surface area contributed by atoms with Gasteiger partial charge in [-0.05, 0) is 6.92 Å². The van der Waals surface area contributed by atoms with E-state index in [0.717, 1.165) is 0 Å². The molecule has 86 valence electrons. The highest BCUT2D eigenvalue weighted by atomic mass is 32.2. The fourth-order valence-corrected chi connectivity index (χ4v) is 0.754. The maximum absolute atomic E-state index is 9.19. The normalized spacial score (nSPS) is 11.5. The van der Waals surface area contributed by atoms with Crippen LogP contribution in [0.5, 0.6) is 0 Å². The van der Waals surface area contributed by atoms with Crippen LogP contribution < -0.4 is 0 Å². The average molecular weight is 234 g/mol. The molecule has 0 amide bonds. The zero-order valence-electron chi connectivity index (χ0n) is 8.45. The van der Waals surface area contributed by atoms with E-state index in [1.165, 1.54) is 6.92 Å². The minimum atomic E-state index is -3.67. The summed E-state index contributed by atoms with van der Waals surface area (Å²) in [6.07, 6.45) is 0.715. The van der Waals surface area contributed by atoms with Crippen LogP contribution in [-0.2, 0) is 15.9 Å². The minimum Gasteiger partial charge on any atom is -0.362 e. The van der Waals surface area contributed by atoms with Crippen molar-refractivity contribution in [2.24, 2.45) is 0 Å². The predicted molar refractivity (Wildman–Crippen MR) is 55.7 cm³/mol. The molecule has 1 aromatic rings. The Bertz CT molecular complexity index is 369. The van der Waals surface area contributed by atoms with Gasteiger partial charge < -0.3 is 10.2 Å². The Labute approximate surface area is 88.7 Å². The topological polar surface area (TPSA) is 94.8 Å². The third-order valence-electron chi connectivity index (χ3n) is 1.32. The van der Waals surface area contributed by atoms with E-state index in [1.54, 1.807) is 24.3 Å². The fourth-order valence-electron chi connectivity index (χ4n) is 0.754. The lowest BCUT2D eigenvalue weighted by atomic mass is 10.1. The first kappa shape index (κ1) is 14.1. The van der Waals surface area contributed by atoms with Crippen molar-refractivity contribution in [2.75, 3.05) is 6.26 Å². The Balaban J connectivity index is 0.000000336. The summed E-state index contributed by atoms with van der Waals surface area (Å²) in [5, 5.41) is 18.1. The summed E-state index contributed by atoms with van der Waals surface area (Å²) in [5.41, 5.74) is 0.509. The van der Waals surface area contributed by atoms with Gasteiger partial charge in [0.1, 0.15) is 0 Å². The van der Waals surface area contributed by atoms with Gasteiger partial charge in [0.25, 0.3) is 10.1 Å². The van der Waals surface area contributed by atoms with Crippen LogP contribution in [0.4, 0.5) is 0 Å². The van der Waals surface area contributed by atoms with Gasteiger partial charge in [0.2, 0.25) is 0 Å².